The number of anilines is 3. The zero-order chi connectivity index (χ0) is 24.2. The number of benzene rings is 1. The van der Waals surface area contributed by atoms with Crippen molar-refractivity contribution >= 4 is 44.1 Å². The summed E-state index contributed by atoms with van der Waals surface area (Å²) in [5, 5.41) is 6.09. The van der Waals surface area contributed by atoms with Crippen molar-refractivity contribution in [1.29, 1.82) is 0 Å². The Balaban J connectivity index is 1.56. The maximum Gasteiger partial charge on any atom is 0.228 e. The average molecular weight is 480 g/mol. The maximum atomic E-state index is 12.7. The van der Waals surface area contributed by atoms with Crippen molar-refractivity contribution in [3.05, 3.63) is 42.6 Å². The predicted octanol–water partition coefficient (Wildman–Crippen LogP) is 3.41. The molecule has 1 aliphatic rings. The number of rotatable bonds is 6. The maximum absolute atomic E-state index is 12.7. The van der Waals surface area contributed by atoms with Gasteiger partial charge in [0.05, 0.1) is 28.3 Å². The smallest absolute Gasteiger partial charge is 0.228 e. The van der Waals surface area contributed by atoms with Gasteiger partial charge in [0.15, 0.2) is 15.5 Å². The molecule has 3 aromatic heterocycles. The Morgan fingerprint density at radius 3 is 2.62 bits per heavy atom. The molecule has 0 radical (unpaired) electrons. The number of aromatic nitrogens is 5. The second-order valence-electron chi connectivity index (χ2n) is 8.92. The highest BCUT2D eigenvalue weighted by Crippen LogP contribution is 2.39. The summed E-state index contributed by atoms with van der Waals surface area (Å²) in [6.45, 7) is 3.84. The number of aryl methyl sites for hydroxylation is 2. The van der Waals surface area contributed by atoms with E-state index in [-0.39, 0.29) is 16.7 Å². The van der Waals surface area contributed by atoms with Crippen molar-refractivity contribution in [2.75, 3.05) is 16.9 Å². The van der Waals surface area contributed by atoms with Crippen LogP contribution in [0.2, 0.25) is 0 Å². The molecule has 34 heavy (non-hydrogen) atoms. The van der Waals surface area contributed by atoms with Crippen LogP contribution < -0.4 is 10.6 Å². The van der Waals surface area contributed by atoms with Crippen LogP contribution in [0.3, 0.4) is 0 Å². The van der Waals surface area contributed by atoms with Gasteiger partial charge in [-0.15, -0.1) is 0 Å². The zero-order valence-electron chi connectivity index (χ0n) is 19.2. The molecule has 1 aromatic carbocycles. The molecule has 3 heterocycles. The third-order valence-electron chi connectivity index (χ3n) is 5.93. The normalized spacial score (nSPS) is 17.6. The van der Waals surface area contributed by atoms with Gasteiger partial charge in [-0.2, -0.15) is 0 Å². The minimum Gasteiger partial charge on any atom is -0.353 e. The molecule has 11 heteroatoms. The van der Waals surface area contributed by atoms with Gasteiger partial charge in [0, 0.05) is 37.0 Å². The lowest BCUT2D eigenvalue weighted by Crippen LogP contribution is -2.15. The molecule has 1 aliphatic carbocycles. The number of amides is 1. The first-order chi connectivity index (χ1) is 16.1. The van der Waals surface area contributed by atoms with Crippen molar-refractivity contribution < 1.29 is 13.2 Å². The molecule has 0 aliphatic heterocycles. The molecule has 0 spiro atoms. The lowest BCUT2D eigenvalue weighted by atomic mass is 10.1. The minimum atomic E-state index is -3.57. The van der Waals surface area contributed by atoms with Gasteiger partial charge in [-0.25, -0.2) is 23.4 Å². The van der Waals surface area contributed by atoms with Crippen LogP contribution in [0.25, 0.3) is 22.4 Å². The molecule has 0 bridgehead atoms. The van der Waals surface area contributed by atoms with Crippen molar-refractivity contribution in [2.45, 2.75) is 25.2 Å². The Bertz CT molecular complexity index is 1540. The van der Waals surface area contributed by atoms with Gasteiger partial charge in [-0.3, -0.25) is 4.79 Å². The number of pyridine rings is 1. The highest BCUT2D eigenvalue weighted by atomic mass is 32.2. The monoisotopic (exact) mass is 479 g/mol. The number of hydrogen-bond donors (Lipinski definition) is 3. The molecule has 5 rings (SSSR count). The van der Waals surface area contributed by atoms with E-state index in [0.717, 1.165) is 6.42 Å². The van der Waals surface area contributed by atoms with E-state index in [4.69, 9.17) is 0 Å². The fourth-order valence-corrected chi connectivity index (χ4v) is 4.83. The summed E-state index contributed by atoms with van der Waals surface area (Å²) in [6, 6.07) is 6.81. The third kappa shape index (κ3) is 4.26. The zero-order valence-corrected chi connectivity index (χ0v) is 20.1. The summed E-state index contributed by atoms with van der Waals surface area (Å²) in [5.41, 5.74) is 3.36. The van der Waals surface area contributed by atoms with Crippen molar-refractivity contribution in [3.63, 3.8) is 0 Å². The van der Waals surface area contributed by atoms with E-state index in [1.54, 1.807) is 36.0 Å². The van der Waals surface area contributed by atoms with Gasteiger partial charge in [-0.1, -0.05) is 13.0 Å². The lowest BCUT2D eigenvalue weighted by molar-refractivity contribution is -0.117. The van der Waals surface area contributed by atoms with E-state index in [2.05, 4.69) is 30.6 Å². The lowest BCUT2D eigenvalue weighted by Gasteiger charge is -2.14. The largest absolute Gasteiger partial charge is 0.353 e. The van der Waals surface area contributed by atoms with Crippen LogP contribution in [0.5, 0.6) is 0 Å². The fraction of sp³-hybridized carbons (Fsp3) is 0.304. The molecule has 0 saturated heterocycles. The van der Waals surface area contributed by atoms with Crippen LogP contribution in [0.4, 0.5) is 17.2 Å². The van der Waals surface area contributed by atoms with Gasteiger partial charge < -0.3 is 20.2 Å². The number of nitrogens with one attached hydrogen (secondary N) is 3. The van der Waals surface area contributed by atoms with Crippen molar-refractivity contribution in [3.8, 4) is 11.3 Å². The molecule has 0 unspecified atom stereocenters. The van der Waals surface area contributed by atoms with E-state index >= 15 is 0 Å². The number of sulfone groups is 1. The van der Waals surface area contributed by atoms with Gasteiger partial charge >= 0.3 is 0 Å². The van der Waals surface area contributed by atoms with Crippen molar-refractivity contribution in [1.82, 2.24) is 24.5 Å². The number of nitrogens with zero attached hydrogens (tertiary/aromatic N) is 4. The Hall–Kier alpha value is -3.73. The summed E-state index contributed by atoms with van der Waals surface area (Å²) >= 11 is 0. The van der Waals surface area contributed by atoms with Crippen LogP contribution >= 0.6 is 0 Å². The van der Waals surface area contributed by atoms with E-state index in [0.29, 0.717) is 51.4 Å². The van der Waals surface area contributed by atoms with Gasteiger partial charge in [-0.05, 0) is 31.4 Å². The molecule has 4 aromatic rings. The van der Waals surface area contributed by atoms with Crippen LogP contribution in [0, 0.1) is 18.8 Å². The third-order valence-corrected chi connectivity index (χ3v) is 7.07. The van der Waals surface area contributed by atoms with E-state index in [1.807, 2.05) is 26.2 Å². The molecule has 2 atom stereocenters. The van der Waals surface area contributed by atoms with Crippen LogP contribution in [-0.4, -0.2) is 45.1 Å². The Kier molecular flexibility index (Phi) is 5.16. The van der Waals surface area contributed by atoms with E-state index in [1.165, 1.54) is 6.26 Å². The van der Waals surface area contributed by atoms with Crippen molar-refractivity contribution in [2.24, 2.45) is 18.9 Å². The summed E-state index contributed by atoms with van der Waals surface area (Å²) in [5.74, 6) is 1.29. The molecular formula is C23H25N7O3S. The van der Waals surface area contributed by atoms with Crippen LogP contribution in [-0.2, 0) is 21.7 Å². The highest BCUT2D eigenvalue weighted by Gasteiger charge is 2.39. The second-order valence-corrected chi connectivity index (χ2v) is 10.9. The molecule has 1 amide bonds. The van der Waals surface area contributed by atoms with Gasteiger partial charge in [0.1, 0.15) is 17.2 Å². The number of H-pyrrole nitrogens is 1. The topological polar surface area (TPSA) is 135 Å². The van der Waals surface area contributed by atoms with Crippen LogP contribution in [0.15, 0.2) is 41.7 Å². The molecule has 10 nitrogen and oxygen atoms in total. The first-order valence-corrected chi connectivity index (χ1v) is 12.8. The number of hydrogen-bond acceptors (Lipinski definition) is 7. The molecular weight excluding hydrogens is 454 g/mol. The predicted molar refractivity (Wildman–Crippen MR) is 130 cm³/mol. The highest BCUT2D eigenvalue weighted by molar-refractivity contribution is 7.90. The summed E-state index contributed by atoms with van der Waals surface area (Å²) in [7, 11) is -1.72. The Morgan fingerprint density at radius 2 is 1.97 bits per heavy atom. The first-order valence-electron chi connectivity index (χ1n) is 10.9. The standard InChI is InChI=1S/C23H25N7O3S/c1-12-7-15(12)23(31)29-20-9-17(21-22(28-20)26-13(2)25-21)27-16-6-5-14(8-19(16)34(4,32)33)18-10-30(3)11-24-18/h5-6,8-12,15H,7H2,1-4H3,(H3,25,26,27,28,29,31)/t12-,15+/m0/s1. The minimum absolute atomic E-state index is 0.00852. The van der Waals surface area contributed by atoms with Gasteiger partial charge in [0.2, 0.25) is 5.91 Å². The Labute approximate surface area is 196 Å². The molecule has 1 saturated carbocycles. The SMILES string of the molecule is Cc1nc2nc(NC(=O)[C@@H]3C[C@@H]3C)cc(Nc3ccc(-c4cn(C)cn4)cc3S(C)(=O)=O)c2[nH]1. The summed E-state index contributed by atoms with van der Waals surface area (Å²) < 4.78 is 27.1. The number of fused-ring (bicyclic) bond motifs is 1. The molecule has 3 N–H and O–H groups in total. The number of aromatic amines is 1. The second kappa shape index (κ2) is 7.94. The van der Waals surface area contributed by atoms with E-state index < -0.39 is 9.84 Å². The summed E-state index contributed by atoms with van der Waals surface area (Å²) in [4.78, 5) is 28.9. The average Bonchev–Trinajstić information content (AvgIpc) is 3.14. The number of imidazole rings is 2. The molecule has 1 fully saturated rings. The van der Waals surface area contributed by atoms with Crippen LogP contribution in [0.1, 0.15) is 19.2 Å². The number of carbonyl (C=O) groups is 1. The van der Waals surface area contributed by atoms with Gasteiger partial charge in [0.25, 0.3) is 0 Å². The molecule has 176 valence electrons. The fourth-order valence-electron chi connectivity index (χ4n) is 3.97. The number of carbonyl (C=O) groups excluding carboxylic acids is 1. The first kappa shape index (κ1) is 22.1. The quantitative estimate of drug-likeness (QED) is 0.386. The Morgan fingerprint density at radius 1 is 1.21 bits per heavy atom. The summed E-state index contributed by atoms with van der Waals surface area (Å²) in [6.07, 6.45) is 5.51. The van der Waals surface area contributed by atoms with E-state index in [9.17, 15) is 13.2 Å².